The molecule has 1 aromatic rings. The van der Waals surface area contributed by atoms with Crippen LogP contribution in [0, 0.1) is 0 Å². The topological polar surface area (TPSA) is 116 Å². The van der Waals surface area contributed by atoms with Gasteiger partial charge in [0, 0.05) is 18.8 Å². The van der Waals surface area contributed by atoms with Gasteiger partial charge in [0.2, 0.25) is 0 Å². The Morgan fingerprint density at radius 3 is 2.45 bits per heavy atom. The van der Waals surface area contributed by atoms with Gasteiger partial charge in [-0.05, 0) is 30.7 Å². The normalized spacial score (nSPS) is 18.7. The average molecular weight is 350 g/mol. The summed E-state index contributed by atoms with van der Waals surface area (Å²) in [5, 5.41) is 0.493. The Morgan fingerprint density at radius 2 is 1.95 bits per heavy atom. The van der Waals surface area contributed by atoms with Crippen molar-refractivity contribution in [2.75, 3.05) is 32.5 Å². The number of rotatable bonds is 5. The van der Waals surface area contributed by atoms with E-state index in [2.05, 4.69) is 17.0 Å². The number of phosphoric acid groups is 1. The molecule has 1 aromatic carbocycles. The average Bonchev–Trinajstić information content (AvgIpc) is 2.92. The van der Waals surface area contributed by atoms with Gasteiger partial charge in [-0.15, -0.1) is 11.8 Å². The fourth-order valence-electron chi connectivity index (χ4n) is 2.10. The maximum absolute atomic E-state index is 8.88. The molecular weight excluding hydrogens is 327 g/mol. The van der Waals surface area contributed by atoms with Gasteiger partial charge in [-0.3, -0.25) is 4.90 Å². The van der Waals surface area contributed by atoms with E-state index in [1.807, 2.05) is 23.9 Å². The molecule has 0 amide bonds. The fraction of sp³-hybridized carbons (Fsp3) is 0.538. The first-order valence-corrected chi connectivity index (χ1v) is 9.44. The molecule has 2 rings (SSSR count). The predicted molar refractivity (Wildman–Crippen MR) is 87.7 cm³/mol. The Labute approximate surface area is 134 Å². The van der Waals surface area contributed by atoms with Crippen molar-refractivity contribution >= 4 is 19.6 Å². The van der Waals surface area contributed by atoms with Crippen LogP contribution in [0.5, 0.6) is 5.75 Å². The summed E-state index contributed by atoms with van der Waals surface area (Å²) in [6.07, 6.45) is 1.08. The van der Waals surface area contributed by atoms with Crippen LogP contribution in [0.4, 0.5) is 0 Å². The number of ether oxygens (including phenoxy) is 1. The molecule has 126 valence electrons. The van der Waals surface area contributed by atoms with Gasteiger partial charge in [-0.1, -0.05) is 12.1 Å². The van der Waals surface area contributed by atoms with Crippen molar-refractivity contribution < 1.29 is 24.0 Å². The van der Waals surface area contributed by atoms with Crippen molar-refractivity contribution in [2.24, 2.45) is 5.73 Å². The van der Waals surface area contributed by atoms with Gasteiger partial charge >= 0.3 is 7.82 Å². The standard InChI is InChI=1S/C13H20N2OS.H3O4P/c1-16-12-5-3-11(4-6-12)13-15(8-2-7-14)9-10-17-13;1-5(2,3)4/h3-6,13H,2,7-10,14H2,1H3;(H3,1,2,3,4). The molecule has 1 unspecified atom stereocenters. The van der Waals surface area contributed by atoms with E-state index in [0.717, 1.165) is 25.3 Å². The van der Waals surface area contributed by atoms with Gasteiger partial charge in [0.15, 0.2) is 0 Å². The number of nitrogens with two attached hydrogens (primary N) is 1. The van der Waals surface area contributed by atoms with Gasteiger partial charge in [0.25, 0.3) is 0 Å². The third-order valence-electron chi connectivity index (χ3n) is 3.04. The van der Waals surface area contributed by atoms with Crippen LogP contribution in [0.2, 0.25) is 0 Å². The van der Waals surface area contributed by atoms with Crippen molar-refractivity contribution in [1.82, 2.24) is 4.90 Å². The molecule has 22 heavy (non-hydrogen) atoms. The number of benzene rings is 1. The predicted octanol–water partition coefficient (Wildman–Crippen LogP) is 1.16. The van der Waals surface area contributed by atoms with Crippen LogP contribution in [0.3, 0.4) is 0 Å². The largest absolute Gasteiger partial charge is 0.497 e. The first-order chi connectivity index (χ1) is 10.3. The number of methoxy groups -OCH3 is 1. The third kappa shape index (κ3) is 7.60. The van der Waals surface area contributed by atoms with Crippen LogP contribution in [0.25, 0.3) is 0 Å². The van der Waals surface area contributed by atoms with Crippen LogP contribution in [0.1, 0.15) is 17.4 Å². The van der Waals surface area contributed by atoms with Crippen molar-refractivity contribution in [2.45, 2.75) is 11.8 Å². The molecule has 0 aromatic heterocycles. The summed E-state index contributed by atoms with van der Waals surface area (Å²) in [7, 11) is -2.94. The number of hydrogen-bond acceptors (Lipinski definition) is 5. The zero-order valence-electron chi connectivity index (χ0n) is 12.5. The number of thioether (sulfide) groups is 1. The molecule has 0 radical (unpaired) electrons. The molecular formula is C13H23N2O5PS. The number of hydrogen-bond donors (Lipinski definition) is 4. The molecule has 0 aliphatic carbocycles. The Kier molecular flexibility index (Phi) is 8.41. The van der Waals surface area contributed by atoms with Crippen LogP contribution in [-0.2, 0) is 4.57 Å². The van der Waals surface area contributed by atoms with Gasteiger partial charge in [0.1, 0.15) is 5.75 Å². The van der Waals surface area contributed by atoms with Gasteiger partial charge < -0.3 is 25.2 Å². The molecule has 1 fully saturated rings. The van der Waals surface area contributed by atoms with E-state index >= 15 is 0 Å². The van der Waals surface area contributed by atoms with Crippen LogP contribution < -0.4 is 10.5 Å². The highest BCUT2D eigenvalue weighted by Crippen LogP contribution is 2.38. The van der Waals surface area contributed by atoms with Crippen molar-refractivity contribution in [3.63, 3.8) is 0 Å². The summed E-state index contributed by atoms with van der Waals surface area (Å²) in [6, 6.07) is 8.40. The monoisotopic (exact) mass is 350 g/mol. The number of nitrogens with zero attached hydrogens (tertiary/aromatic N) is 1. The molecule has 1 saturated heterocycles. The highest BCUT2D eigenvalue weighted by Gasteiger charge is 2.25. The lowest BCUT2D eigenvalue weighted by Crippen LogP contribution is -2.25. The maximum atomic E-state index is 8.88. The minimum absolute atomic E-state index is 0.493. The van der Waals surface area contributed by atoms with E-state index in [9.17, 15) is 0 Å². The van der Waals surface area contributed by atoms with Gasteiger partial charge in [-0.2, -0.15) is 0 Å². The highest BCUT2D eigenvalue weighted by atomic mass is 32.2. The summed E-state index contributed by atoms with van der Waals surface area (Å²) < 4.78 is 14.1. The van der Waals surface area contributed by atoms with E-state index < -0.39 is 7.82 Å². The lowest BCUT2D eigenvalue weighted by atomic mass is 10.2. The first kappa shape index (κ1) is 19.4. The highest BCUT2D eigenvalue weighted by molar-refractivity contribution is 7.99. The van der Waals surface area contributed by atoms with Crippen LogP contribution in [-0.4, -0.2) is 52.1 Å². The van der Waals surface area contributed by atoms with Crippen molar-refractivity contribution in [1.29, 1.82) is 0 Å². The van der Waals surface area contributed by atoms with Crippen molar-refractivity contribution in [3.05, 3.63) is 29.8 Å². The molecule has 0 spiro atoms. The third-order valence-corrected chi connectivity index (χ3v) is 4.34. The van der Waals surface area contributed by atoms with E-state index in [-0.39, 0.29) is 0 Å². The Bertz CT molecular complexity index is 474. The lowest BCUT2D eigenvalue weighted by Gasteiger charge is -2.23. The van der Waals surface area contributed by atoms with E-state index in [4.69, 9.17) is 29.7 Å². The molecule has 0 saturated carbocycles. The zero-order chi connectivity index (χ0) is 16.6. The molecule has 1 atom stereocenters. The molecule has 7 nitrogen and oxygen atoms in total. The zero-order valence-corrected chi connectivity index (χ0v) is 14.2. The maximum Gasteiger partial charge on any atom is 0.466 e. The molecule has 9 heteroatoms. The Balaban J connectivity index is 0.000000422. The van der Waals surface area contributed by atoms with Gasteiger partial charge in [-0.25, -0.2) is 4.57 Å². The summed E-state index contributed by atoms with van der Waals surface area (Å²) in [5.74, 6) is 2.13. The van der Waals surface area contributed by atoms with Crippen LogP contribution >= 0.6 is 19.6 Å². The minimum Gasteiger partial charge on any atom is -0.497 e. The smallest absolute Gasteiger partial charge is 0.466 e. The second kappa shape index (κ2) is 9.52. The summed E-state index contributed by atoms with van der Waals surface area (Å²) in [5.41, 5.74) is 6.94. The van der Waals surface area contributed by atoms with E-state index in [1.54, 1.807) is 7.11 Å². The Hall–Kier alpha value is -0.600. The van der Waals surface area contributed by atoms with E-state index in [1.165, 1.54) is 17.9 Å². The second-order valence-corrected chi connectivity index (χ2v) is 6.90. The SMILES string of the molecule is COc1ccc(C2SCCN2CCCN)cc1.O=P(O)(O)O. The fourth-order valence-corrected chi connectivity index (χ4v) is 3.44. The molecule has 0 bridgehead atoms. The quantitative estimate of drug-likeness (QED) is 0.585. The lowest BCUT2D eigenvalue weighted by molar-refractivity contribution is 0.275. The van der Waals surface area contributed by atoms with Crippen molar-refractivity contribution in [3.8, 4) is 5.75 Å². The molecule has 1 heterocycles. The molecule has 5 N–H and O–H groups in total. The molecule has 1 aliphatic heterocycles. The first-order valence-electron chi connectivity index (χ1n) is 6.83. The van der Waals surface area contributed by atoms with Gasteiger partial charge in [0.05, 0.1) is 12.5 Å². The summed E-state index contributed by atoms with van der Waals surface area (Å²) >= 11 is 2.01. The second-order valence-electron chi connectivity index (χ2n) is 4.69. The Morgan fingerprint density at radius 1 is 1.36 bits per heavy atom. The van der Waals surface area contributed by atoms with E-state index in [0.29, 0.717) is 5.37 Å². The summed E-state index contributed by atoms with van der Waals surface area (Å²) in [4.78, 5) is 24.1. The minimum atomic E-state index is -4.64. The summed E-state index contributed by atoms with van der Waals surface area (Å²) in [6.45, 7) is 3.04. The van der Waals surface area contributed by atoms with Crippen LogP contribution in [0.15, 0.2) is 24.3 Å². The molecule has 1 aliphatic rings.